The second-order valence-electron chi connectivity index (χ2n) is 5.80. The zero-order valence-electron chi connectivity index (χ0n) is 13.7. The summed E-state index contributed by atoms with van der Waals surface area (Å²) in [5.41, 5.74) is 1.22. The number of aromatic nitrogens is 3. The molecule has 0 saturated carbocycles. The Kier molecular flexibility index (Phi) is 4.73. The highest BCUT2D eigenvalue weighted by atomic mass is 32.1. The summed E-state index contributed by atoms with van der Waals surface area (Å²) in [6, 6.07) is 11.4. The summed E-state index contributed by atoms with van der Waals surface area (Å²) >= 11 is 1.54. The van der Waals surface area contributed by atoms with Crippen LogP contribution in [0, 0.1) is 11.6 Å². The molecule has 0 fully saturated rings. The van der Waals surface area contributed by atoms with Crippen molar-refractivity contribution in [3.63, 3.8) is 0 Å². The monoisotopic (exact) mass is 371 g/mol. The molecule has 0 aliphatic carbocycles. The van der Waals surface area contributed by atoms with Gasteiger partial charge in [0, 0.05) is 24.0 Å². The van der Waals surface area contributed by atoms with Crippen molar-refractivity contribution in [2.75, 3.05) is 0 Å². The minimum atomic E-state index is -0.626. The molecule has 0 spiro atoms. The third-order valence-corrected chi connectivity index (χ3v) is 5.00. The first-order chi connectivity index (χ1) is 12.7. The highest BCUT2D eigenvalue weighted by Crippen LogP contribution is 2.27. The SMILES string of the molecule is Fc1ccc(C(Cn2ccnc2)OCc2nc3ccccc3s2)c(F)c1. The van der Waals surface area contributed by atoms with Gasteiger partial charge < -0.3 is 9.30 Å². The number of halogens is 2. The van der Waals surface area contributed by atoms with E-state index in [1.807, 2.05) is 24.3 Å². The van der Waals surface area contributed by atoms with Crippen molar-refractivity contribution in [2.45, 2.75) is 19.3 Å². The van der Waals surface area contributed by atoms with Crippen LogP contribution in [0.15, 0.2) is 61.2 Å². The average molecular weight is 371 g/mol. The Morgan fingerprint density at radius 1 is 1.15 bits per heavy atom. The lowest BCUT2D eigenvalue weighted by Crippen LogP contribution is -2.13. The number of hydrogen-bond acceptors (Lipinski definition) is 4. The third-order valence-electron chi connectivity index (χ3n) is 3.99. The summed E-state index contributed by atoms with van der Waals surface area (Å²) in [7, 11) is 0. The molecule has 26 heavy (non-hydrogen) atoms. The van der Waals surface area contributed by atoms with Gasteiger partial charge in [-0.15, -0.1) is 11.3 Å². The Balaban J connectivity index is 1.57. The first-order valence-corrected chi connectivity index (χ1v) is 8.87. The highest BCUT2D eigenvalue weighted by Gasteiger charge is 2.19. The summed E-state index contributed by atoms with van der Waals surface area (Å²) < 4.78 is 36.4. The van der Waals surface area contributed by atoms with Crippen molar-refractivity contribution >= 4 is 21.6 Å². The number of rotatable bonds is 6. The molecule has 4 nitrogen and oxygen atoms in total. The number of nitrogens with zero attached hydrogens (tertiary/aromatic N) is 3. The number of para-hydroxylation sites is 1. The molecule has 1 unspecified atom stereocenters. The topological polar surface area (TPSA) is 39.9 Å². The van der Waals surface area contributed by atoms with E-state index in [1.165, 1.54) is 12.1 Å². The van der Waals surface area contributed by atoms with Crippen molar-refractivity contribution in [3.05, 3.63) is 83.4 Å². The molecule has 0 radical (unpaired) electrons. The minimum absolute atomic E-state index is 0.246. The van der Waals surface area contributed by atoms with Crippen LogP contribution in [0.1, 0.15) is 16.7 Å². The molecule has 1 atom stereocenters. The fraction of sp³-hybridized carbons (Fsp3) is 0.158. The quantitative estimate of drug-likeness (QED) is 0.492. The van der Waals surface area contributed by atoms with E-state index < -0.39 is 17.7 Å². The predicted octanol–water partition coefficient (Wildman–Crippen LogP) is 4.73. The van der Waals surface area contributed by atoms with E-state index in [2.05, 4.69) is 9.97 Å². The van der Waals surface area contributed by atoms with Gasteiger partial charge in [-0.2, -0.15) is 0 Å². The molecular weight excluding hydrogens is 356 g/mol. The zero-order chi connectivity index (χ0) is 17.9. The Morgan fingerprint density at radius 3 is 2.81 bits per heavy atom. The van der Waals surface area contributed by atoms with Gasteiger partial charge in [0.2, 0.25) is 0 Å². The van der Waals surface area contributed by atoms with Crippen LogP contribution in [0.4, 0.5) is 8.78 Å². The van der Waals surface area contributed by atoms with E-state index in [4.69, 9.17) is 4.74 Å². The van der Waals surface area contributed by atoms with Crippen LogP contribution in [0.3, 0.4) is 0 Å². The molecule has 0 N–H and O–H groups in total. The molecule has 132 valence electrons. The maximum Gasteiger partial charge on any atom is 0.131 e. The van der Waals surface area contributed by atoms with Gasteiger partial charge in [-0.05, 0) is 18.2 Å². The van der Waals surface area contributed by atoms with Crippen molar-refractivity contribution in [2.24, 2.45) is 0 Å². The second kappa shape index (κ2) is 7.31. The van der Waals surface area contributed by atoms with Crippen molar-refractivity contribution in [3.8, 4) is 0 Å². The van der Waals surface area contributed by atoms with Gasteiger partial charge in [-0.25, -0.2) is 18.7 Å². The summed E-state index contributed by atoms with van der Waals surface area (Å²) in [5, 5.41) is 0.810. The van der Waals surface area contributed by atoms with Crippen LogP contribution in [-0.2, 0) is 17.9 Å². The maximum absolute atomic E-state index is 14.3. The zero-order valence-corrected chi connectivity index (χ0v) is 14.5. The molecule has 7 heteroatoms. The molecule has 0 saturated heterocycles. The maximum atomic E-state index is 14.3. The van der Waals surface area contributed by atoms with Crippen LogP contribution in [-0.4, -0.2) is 14.5 Å². The smallest absolute Gasteiger partial charge is 0.131 e. The molecule has 2 aromatic heterocycles. The Morgan fingerprint density at radius 2 is 2.04 bits per heavy atom. The normalized spacial score (nSPS) is 12.5. The minimum Gasteiger partial charge on any atom is -0.364 e. The number of fused-ring (bicyclic) bond motifs is 1. The van der Waals surface area contributed by atoms with Gasteiger partial charge in [0.15, 0.2) is 0 Å². The lowest BCUT2D eigenvalue weighted by molar-refractivity contribution is 0.0256. The molecule has 4 rings (SSSR count). The van der Waals surface area contributed by atoms with Crippen LogP contribution >= 0.6 is 11.3 Å². The van der Waals surface area contributed by atoms with Gasteiger partial charge >= 0.3 is 0 Å². The van der Waals surface area contributed by atoms with Crippen LogP contribution in [0.25, 0.3) is 10.2 Å². The first kappa shape index (κ1) is 16.8. The predicted molar refractivity (Wildman–Crippen MR) is 95.7 cm³/mol. The number of imidazole rings is 1. The Labute approximate surface area is 152 Å². The summed E-state index contributed by atoms with van der Waals surface area (Å²) in [4.78, 5) is 8.53. The van der Waals surface area contributed by atoms with Crippen LogP contribution in [0.2, 0.25) is 0 Å². The lowest BCUT2D eigenvalue weighted by atomic mass is 10.1. The number of benzene rings is 2. The van der Waals surface area contributed by atoms with Crippen molar-refractivity contribution in [1.29, 1.82) is 0 Å². The van der Waals surface area contributed by atoms with E-state index >= 15 is 0 Å². The van der Waals surface area contributed by atoms with Gasteiger partial charge in [0.05, 0.1) is 29.7 Å². The van der Waals surface area contributed by atoms with Crippen LogP contribution in [0.5, 0.6) is 0 Å². The van der Waals surface area contributed by atoms with Crippen LogP contribution < -0.4 is 0 Å². The molecule has 0 aliphatic heterocycles. The first-order valence-electron chi connectivity index (χ1n) is 8.06. The molecule has 4 aromatic rings. The van der Waals surface area contributed by atoms with E-state index in [0.29, 0.717) is 12.1 Å². The van der Waals surface area contributed by atoms with E-state index in [0.717, 1.165) is 21.3 Å². The molecule has 0 bridgehead atoms. The fourth-order valence-electron chi connectivity index (χ4n) is 2.74. The second-order valence-corrected chi connectivity index (χ2v) is 6.92. The van der Waals surface area contributed by atoms with E-state index in [-0.39, 0.29) is 6.61 Å². The molecule has 0 aliphatic rings. The van der Waals surface area contributed by atoms with Gasteiger partial charge in [-0.3, -0.25) is 0 Å². The molecule has 2 heterocycles. The standard InChI is InChI=1S/C19H15F2N3OS/c20-13-5-6-14(15(21)9-13)17(10-24-8-7-22-12-24)25-11-19-23-16-3-1-2-4-18(16)26-19/h1-9,12,17H,10-11H2. The van der Waals surface area contributed by atoms with E-state index in [9.17, 15) is 8.78 Å². The summed E-state index contributed by atoms with van der Waals surface area (Å²) in [6.07, 6.45) is 4.47. The van der Waals surface area contributed by atoms with E-state index in [1.54, 1.807) is 34.6 Å². The lowest BCUT2D eigenvalue weighted by Gasteiger charge is -2.19. The molecule has 2 aromatic carbocycles. The number of thiazole rings is 1. The number of hydrogen-bond donors (Lipinski definition) is 0. The summed E-state index contributed by atoms with van der Waals surface area (Å²) in [6.45, 7) is 0.614. The van der Waals surface area contributed by atoms with Crippen molar-refractivity contribution in [1.82, 2.24) is 14.5 Å². The van der Waals surface area contributed by atoms with Crippen molar-refractivity contribution < 1.29 is 13.5 Å². The fourth-order valence-corrected chi connectivity index (χ4v) is 3.63. The molecular formula is C19H15F2N3OS. The largest absolute Gasteiger partial charge is 0.364 e. The Bertz CT molecular complexity index is 984. The highest BCUT2D eigenvalue weighted by molar-refractivity contribution is 7.18. The molecule has 0 amide bonds. The van der Waals surface area contributed by atoms with Gasteiger partial charge in [0.25, 0.3) is 0 Å². The third kappa shape index (κ3) is 3.63. The summed E-state index contributed by atoms with van der Waals surface area (Å²) in [5.74, 6) is -1.24. The number of ether oxygens (including phenoxy) is 1. The van der Waals surface area contributed by atoms with Gasteiger partial charge in [-0.1, -0.05) is 18.2 Å². The van der Waals surface area contributed by atoms with Gasteiger partial charge in [0.1, 0.15) is 22.7 Å². The Hall–Kier alpha value is -2.64. The average Bonchev–Trinajstić information content (AvgIpc) is 3.28.